The Bertz CT molecular complexity index is 183. The first-order valence-corrected chi connectivity index (χ1v) is 6.45. The molecule has 1 fully saturated rings. The van der Waals surface area contributed by atoms with Crippen molar-refractivity contribution in [3.8, 4) is 0 Å². The fraction of sp³-hybridized carbons (Fsp3) is 1.00. The van der Waals surface area contributed by atoms with Gasteiger partial charge in [-0.2, -0.15) is 0 Å². The molecular formula is C13H28N2. The highest BCUT2D eigenvalue weighted by atomic mass is 15.2. The molecule has 0 bridgehead atoms. The van der Waals surface area contributed by atoms with E-state index in [-0.39, 0.29) is 0 Å². The molecule has 0 heterocycles. The maximum atomic E-state index is 6.00. The number of hydrogen-bond donors (Lipinski definition) is 1. The fourth-order valence-electron chi connectivity index (χ4n) is 3.04. The van der Waals surface area contributed by atoms with Gasteiger partial charge in [0, 0.05) is 18.1 Å². The van der Waals surface area contributed by atoms with E-state index in [1.54, 1.807) is 0 Å². The summed E-state index contributed by atoms with van der Waals surface area (Å²) in [5.41, 5.74) is 6.31. The van der Waals surface area contributed by atoms with E-state index in [2.05, 4.69) is 32.7 Å². The van der Waals surface area contributed by atoms with Gasteiger partial charge in [0.1, 0.15) is 0 Å². The standard InChI is InChI=1S/C13H28N2/c1-11(2)9-12(3)15(4)13(10-14)7-5-6-8-13/h11-12H,5-10,14H2,1-4H3. The lowest BCUT2D eigenvalue weighted by Crippen LogP contribution is -2.53. The first-order valence-electron chi connectivity index (χ1n) is 6.45. The van der Waals surface area contributed by atoms with Crippen molar-refractivity contribution in [2.45, 2.75) is 64.5 Å². The quantitative estimate of drug-likeness (QED) is 0.759. The van der Waals surface area contributed by atoms with E-state index < -0.39 is 0 Å². The number of hydrogen-bond acceptors (Lipinski definition) is 2. The molecule has 15 heavy (non-hydrogen) atoms. The average Bonchev–Trinajstić information content (AvgIpc) is 2.65. The van der Waals surface area contributed by atoms with Crippen LogP contribution in [-0.2, 0) is 0 Å². The Hall–Kier alpha value is -0.0800. The molecule has 2 N–H and O–H groups in total. The molecule has 2 heteroatoms. The third kappa shape index (κ3) is 2.94. The molecular weight excluding hydrogens is 184 g/mol. The van der Waals surface area contributed by atoms with Crippen LogP contribution in [0.5, 0.6) is 0 Å². The number of nitrogens with two attached hydrogens (primary N) is 1. The molecule has 2 nitrogen and oxygen atoms in total. The van der Waals surface area contributed by atoms with Crippen molar-refractivity contribution in [3.05, 3.63) is 0 Å². The van der Waals surface area contributed by atoms with Crippen molar-refractivity contribution in [3.63, 3.8) is 0 Å². The Morgan fingerprint density at radius 3 is 2.13 bits per heavy atom. The Morgan fingerprint density at radius 2 is 1.73 bits per heavy atom. The molecule has 0 aromatic carbocycles. The van der Waals surface area contributed by atoms with Gasteiger partial charge in [0.05, 0.1) is 0 Å². The summed E-state index contributed by atoms with van der Waals surface area (Å²) < 4.78 is 0. The second-order valence-corrected chi connectivity index (χ2v) is 5.73. The first kappa shape index (κ1) is 13.0. The summed E-state index contributed by atoms with van der Waals surface area (Å²) in [6, 6.07) is 0.659. The van der Waals surface area contributed by atoms with E-state index in [0.717, 1.165) is 12.5 Å². The molecule has 1 aliphatic rings. The molecule has 0 aromatic heterocycles. The van der Waals surface area contributed by atoms with Crippen LogP contribution in [0.2, 0.25) is 0 Å². The number of rotatable bonds is 5. The second-order valence-electron chi connectivity index (χ2n) is 5.73. The Balaban J connectivity index is 2.59. The predicted molar refractivity (Wildman–Crippen MR) is 66.9 cm³/mol. The summed E-state index contributed by atoms with van der Waals surface area (Å²) in [5, 5.41) is 0. The molecule has 90 valence electrons. The monoisotopic (exact) mass is 212 g/mol. The van der Waals surface area contributed by atoms with Gasteiger partial charge in [-0.25, -0.2) is 0 Å². The topological polar surface area (TPSA) is 29.3 Å². The van der Waals surface area contributed by atoms with Gasteiger partial charge in [0.2, 0.25) is 0 Å². The van der Waals surface area contributed by atoms with Crippen molar-refractivity contribution >= 4 is 0 Å². The molecule has 1 saturated carbocycles. The van der Waals surface area contributed by atoms with Crippen LogP contribution in [0.1, 0.15) is 52.9 Å². The van der Waals surface area contributed by atoms with Crippen molar-refractivity contribution in [1.29, 1.82) is 0 Å². The summed E-state index contributed by atoms with van der Waals surface area (Å²) in [6.07, 6.45) is 6.58. The Kier molecular flexibility index (Phi) is 4.60. The largest absolute Gasteiger partial charge is 0.329 e. The van der Waals surface area contributed by atoms with E-state index >= 15 is 0 Å². The molecule has 0 spiro atoms. The smallest absolute Gasteiger partial charge is 0.0331 e. The van der Waals surface area contributed by atoms with Crippen LogP contribution >= 0.6 is 0 Å². The third-order valence-electron chi connectivity index (χ3n) is 4.14. The lowest BCUT2D eigenvalue weighted by Gasteiger charge is -2.42. The minimum Gasteiger partial charge on any atom is -0.329 e. The van der Waals surface area contributed by atoms with Crippen LogP contribution in [0, 0.1) is 5.92 Å². The zero-order chi connectivity index (χ0) is 11.5. The SMILES string of the molecule is CC(C)CC(C)N(C)C1(CN)CCCC1. The third-order valence-corrected chi connectivity index (χ3v) is 4.14. The summed E-state index contributed by atoms with van der Waals surface area (Å²) in [6.45, 7) is 7.77. The highest BCUT2D eigenvalue weighted by Crippen LogP contribution is 2.35. The molecule has 0 aliphatic heterocycles. The lowest BCUT2D eigenvalue weighted by molar-refractivity contribution is 0.0792. The highest BCUT2D eigenvalue weighted by molar-refractivity contribution is 4.96. The Morgan fingerprint density at radius 1 is 1.20 bits per heavy atom. The van der Waals surface area contributed by atoms with Crippen LogP contribution in [0.4, 0.5) is 0 Å². The second kappa shape index (κ2) is 5.31. The van der Waals surface area contributed by atoms with Crippen molar-refractivity contribution in [2.24, 2.45) is 11.7 Å². The van der Waals surface area contributed by atoms with Crippen LogP contribution in [-0.4, -0.2) is 30.1 Å². The maximum absolute atomic E-state index is 6.00. The van der Waals surface area contributed by atoms with Crippen LogP contribution < -0.4 is 5.73 Å². The van der Waals surface area contributed by atoms with Gasteiger partial charge in [0.15, 0.2) is 0 Å². The van der Waals surface area contributed by atoms with Gasteiger partial charge in [-0.1, -0.05) is 26.7 Å². The van der Waals surface area contributed by atoms with Crippen LogP contribution in [0.3, 0.4) is 0 Å². The van der Waals surface area contributed by atoms with Gasteiger partial charge in [-0.15, -0.1) is 0 Å². The summed E-state index contributed by atoms with van der Waals surface area (Å²) in [5.74, 6) is 0.777. The molecule has 1 unspecified atom stereocenters. The average molecular weight is 212 g/mol. The number of nitrogens with zero attached hydrogens (tertiary/aromatic N) is 1. The molecule has 0 aromatic rings. The molecule has 0 amide bonds. The van der Waals surface area contributed by atoms with E-state index in [4.69, 9.17) is 5.73 Å². The number of likely N-dealkylation sites (N-methyl/N-ethyl adjacent to an activating group) is 1. The van der Waals surface area contributed by atoms with E-state index in [1.165, 1.54) is 32.1 Å². The summed E-state index contributed by atoms with van der Waals surface area (Å²) in [4.78, 5) is 2.56. The summed E-state index contributed by atoms with van der Waals surface area (Å²) in [7, 11) is 2.27. The molecule has 1 atom stereocenters. The van der Waals surface area contributed by atoms with Gasteiger partial charge < -0.3 is 5.73 Å². The van der Waals surface area contributed by atoms with Gasteiger partial charge in [-0.05, 0) is 39.2 Å². The van der Waals surface area contributed by atoms with Gasteiger partial charge in [-0.3, -0.25) is 4.90 Å². The maximum Gasteiger partial charge on any atom is 0.0331 e. The Labute approximate surface area is 95.2 Å². The first-order chi connectivity index (χ1) is 7.02. The van der Waals surface area contributed by atoms with E-state index in [1.807, 2.05) is 0 Å². The zero-order valence-electron chi connectivity index (χ0n) is 10.9. The minimum atomic E-state index is 0.314. The molecule has 1 rings (SSSR count). The van der Waals surface area contributed by atoms with E-state index in [9.17, 15) is 0 Å². The molecule has 0 saturated heterocycles. The summed E-state index contributed by atoms with van der Waals surface area (Å²) >= 11 is 0. The van der Waals surface area contributed by atoms with Crippen LogP contribution in [0.15, 0.2) is 0 Å². The highest BCUT2D eigenvalue weighted by Gasteiger charge is 2.38. The van der Waals surface area contributed by atoms with Gasteiger partial charge >= 0.3 is 0 Å². The zero-order valence-corrected chi connectivity index (χ0v) is 10.9. The molecule has 0 radical (unpaired) electrons. The van der Waals surface area contributed by atoms with Crippen molar-refractivity contribution in [1.82, 2.24) is 4.90 Å². The van der Waals surface area contributed by atoms with Crippen molar-refractivity contribution in [2.75, 3.05) is 13.6 Å². The van der Waals surface area contributed by atoms with E-state index in [0.29, 0.717) is 11.6 Å². The van der Waals surface area contributed by atoms with Gasteiger partial charge in [0.25, 0.3) is 0 Å². The normalized spacial score (nSPS) is 22.6. The predicted octanol–water partition coefficient (Wildman–Crippen LogP) is 2.62. The lowest BCUT2D eigenvalue weighted by atomic mass is 9.92. The fourth-order valence-corrected chi connectivity index (χ4v) is 3.04. The minimum absolute atomic E-state index is 0.314. The molecule has 1 aliphatic carbocycles. The van der Waals surface area contributed by atoms with Crippen LogP contribution in [0.25, 0.3) is 0 Å². The van der Waals surface area contributed by atoms with Crippen molar-refractivity contribution < 1.29 is 0 Å².